The predicted molar refractivity (Wildman–Crippen MR) is 74.3 cm³/mol. The lowest BCUT2D eigenvalue weighted by Gasteiger charge is -2.08. The van der Waals surface area contributed by atoms with Gasteiger partial charge in [0.15, 0.2) is 4.90 Å². The highest BCUT2D eigenvalue weighted by molar-refractivity contribution is 7.90. The highest BCUT2D eigenvalue weighted by atomic mass is 32.2. The average molecular weight is 272 g/mol. The van der Waals surface area contributed by atoms with Crippen LogP contribution in [-0.4, -0.2) is 15.8 Å². The Balaban J connectivity index is 2.53. The molecule has 0 amide bonds. The number of aromatic amines is 1. The van der Waals surface area contributed by atoms with Crippen molar-refractivity contribution < 1.29 is 4.55 Å². The Hall–Kier alpha value is -2.03. The van der Waals surface area contributed by atoms with Crippen LogP contribution in [0.2, 0.25) is 0 Å². The first-order valence-corrected chi connectivity index (χ1v) is 7.16. The van der Waals surface area contributed by atoms with E-state index >= 15 is 0 Å². The first kappa shape index (κ1) is 13.4. The van der Waals surface area contributed by atoms with Gasteiger partial charge in [0.1, 0.15) is 17.9 Å². The minimum absolute atomic E-state index is 0.0868. The number of H-pyrrole nitrogens is 1. The van der Waals surface area contributed by atoms with E-state index < -0.39 is 11.2 Å². The summed E-state index contributed by atoms with van der Waals surface area (Å²) in [7, 11) is 0. The number of nitrogens with one attached hydrogen (secondary N) is 1. The second-order valence-electron chi connectivity index (χ2n) is 4.14. The Morgan fingerprint density at radius 2 is 1.95 bits per heavy atom. The molecule has 0 radical (unpaired) electrons. The van der Waals surface area contributed by atoms with Crippen LogP contribution in [0.25, 0.3) is 11.1 Å². The second-order valence-corrected chi connectivity index (χ2v) is 5.52. The van der Waals surface area contributed by atoms with E-state index in [9.17, 15) is 9.35 Å². The number of pyridine rings is 1. The summed E-state index contributed by atoms with van der Waals surface area (Å²) in [4.78, 5) is 14.9. The fraction of sp³-hybridized carbons (Fsp3) is 0.143. The molecule has 1 heterocycles. The standard InChI is InChI=1S/C14H12N2O2S/c1-9-13(7-11(8-15)14(17)16-9)10-3-5-12(6-4-10)19(2)18/h3-7H,1-2H3,(H,16,17). The average Bonchev–Trinajstić information content (AvgIpc) is 2.39. The summed E-state index contributed by atoms with van der Waals surface area (Å²) in [6.07, 6.45) is 1.62. The van der Waals surface area contributed by atoms with Crippen molar-refractivity contribution in [2.75, 3.05) is 6.26 Å². The first-order valence-electron chi connectivity index (χ1n) is 5.61. The maximum absolute atomic E-state index is 11.5. The molecular weight excluding hydrogens is 260 g/mol. The van der Waals surface area contributed by atoms with Crippen LogP contribution in [0.3, 0.4) is 0 Å². The second kappa shape index (κ2) is 5.31. The number of aryl methyl sites for hydroxylation is 1. The van der Waals surface area contributed by atoms with Gasteiger partial charge in [-0.2, -0.15) is 5.26 Å². The molecule has 1 N–H and O–H groups in total. The molecule has 0 bridgehead atoms. The first-order chi connectivity index (χ1) is 9.02. The Bertz CT molecular complexity index is 697. The molecule has 0 saturated carbocycles. The van der Waals surface area contributed by atoms with Crippen molar-refractivity contribution in [1.29, 1.82) is 5.26 Å². The summed E-state index contributed by atoms with van der Waals surface area (Å²) in [6.45, 7) is 1.78. The molecule has 1 aromatic carbocycles. The van der Waals surface area contributed by atoms with Crippen LogP contribution < -0.4 is 5.56 Å². The van der Waals surface area contributed by atoms with Crippen LogP contribution in [0.1, 0.15) is 11.3 Å². The quantitative estimate of drug-likeness (QED) is 0.849. The van der Waals surface area contributed by atoms with Crippen molar-refractivity contribution in [2.24, 2.45) is 0 Å². The van der Waals surface area contributed by atoms with Crippen molar-refractivity contribution in [3.8, 4) is 17.2 Å². The topological polar surface area (TPSA) is 79.7 Å². The SMILES string of the molecule is Cc1[nH]c(=O)c(C#N)cc1-c1ccc([S+](C)[O-])cc1. The molecule has 0 aliphatic rings. The number of hydrogen-bond acceptors (Lipinski definition) is 3. The highest BCUT2D eigenvalue weighted by Gasteiger charge is 2.09. The number of rotatable bonds is 2. The van der Waals surface area contributed by atoms with Crippen LogP contribution in [0, 0.1) is 18.3 Å². The van der Waals surface area contributed by atoms with Crippen molar-refractivity contribution in [3.63, 3.8) is 0 Å². The zero-order valence-electron chi connectivity index (χ0n) is 10.6. The van der Waals surface area contributed by atoms with Gasteiger partial charge < -0.3 is 9.54 Å². The maximum Gasteiger partial charge on any atom is 0.266 e. The molecule has 0 aliphatic carbocycles. The molecule has 0 aliphatic heterocycles. The maximum atomic E-state index is 11.5. The molecule has 1 aromatic heterocycles. The van der Waals surface area contributed by atoms with Gasteiger partial charge in [-0.25, -0.2) is 0 Å². The van der Waals surface area contributed by atoms with Gasteiger partial charge >= 0.3 is 0 Å². The molecule has 0 saturated heterocycles. The van der Waals surface area contributed by atoms with Gasteiger partial charge in [-0.1, -0.05) is 0 Å². The highest BCUT2D eigenvalue weighted by Crippen LogP contribution is 2.23. The van der Waals surface area contributed by atoms with Gasteiger partial charge in [0.05, 0.1) is 0 Å². The van der Waals surface area contributed by atoms with E-state index in [1.165, 1.54) is 0 Å². The lowest BCUT2D eigenvalue weighted by molar-refractivity contribution is 0.601. The van der Waals surface area contributed by atoms with Gasteiger partial charge in [-0.05, 0) is 54.0 Å². The number of hydrogen-bond donors (Lipinski definition) is 1. The summed E-state index contributed by atoms with van der Waals surface area (Å²) in [5, 5.41) is 8.89. The molecule has 2 aromatic rings. The summed E-state index contributed by atoms with van der Waals surface area (Å²) < 4.78 is 11.3. The van der Waals surface area contributed by atoms with Crippen molar-refractivity contribution in [3.05, 3.63) is 51.9 Å². The van der Waals surface area contributed by atoms with Gasteiger partial charge in [-0.15, -0.1) is 0 Å². The molecule has 4 nitrogen and oxygen atoms in total. The fourth-order valence-corrected chi connectivity index (χ4v) is 2.35. The summed E-state index contributed by atoms with van der Waals surface area (Å²) >= 11 is -1.02. The minimum atomic E-state index is -1.02. The smallest absolute Gasteiger partial charge is 0.266 e. The van der Waals surface area contributed by atoms with E-state index in [1.807, 2.05) is 18.2 Å². The molecule has 1 atom stereocenters. The van der Waals surface area contributed by atoms with E-state index in [-0.39, 0.29) is 11.1 Å². The molecular formula is C14H12N2O2S. The summed E-state index contributed by atoms with van der Waals surface area (Å²) in [5.41, 5.74) is 2.08. The minimum Gasteiger partial charge on any atom is -0.612 e. The van der Waals surface area contributed by atoms with Gasteiger partial charge in [0, 0.05) is 11.3 Å². The molecule has 5 heteroatoms. The van der Waals surface area contributed by atoms with E-state index in [1.54, 1.807) is 31.4 Å². The van der Waals surface area contributed by atoms with Crippen LogP contribution in [0.4, 0.5) is 0 Å². The zero-order valence-corrected chi connectivity index (χ0v) is 11.4. The molecule has 1 unspecified atom stereocenters. The summed E-state index contributed by atoms with van der Waals surface area (Å²) in [5.74, 6) is 0. The Morgan fingerprint density at radius 1 is 1.32 bits per heavy atom. The zero-order chi connectivity index (χ0) is 14.0. The number of aromatic nitrogens is 1. The van der Waals surface area contributed by atoms with E-state index in [0.29, 0.717) is 5.69 Å². The molecule has 0 fully saturated rings. The molecule has 96 valence electrons. The predicted octanol–water partition coefficient (Wildman–Crippen LogP) is 1.96. The molecule has 19 heavy (non-hydrogen) atoms. The van der Waals surface area contributed by atoms with E-state index in [2.05, 4.69) is 4.98 Å². The van der Waals surface area contributed by atoms with Gasteiger partial charge in [0.25, 0.3) is 5.56 Å². The third kappa shape index (κ3) is 2.70. The molecule has 0 spiro atoms. The van der Waals surface area contributed by atoms with Crippen LogP contribution in [-0.2, 0) is 11.2 Å². The third-order valence-corrected chi connectivity index (χ3v) is 3.79. The van der Waals surface area contributed by atoms with E-state index in [0.717, 1.165) is 16.0 Å². The third-order valence-electron chi connectivity index (χ3n) is 2.86. The van der Waals surface area contributed by atoms with Crippen LogP contribution in [0.5, 0.6) is 0 Å². The van der Waals surface area contributed by atoms with Crippen molar-refractivity contribution in [1.82, 2.24) is 4.98 Å². The normalized spacial score (nSPS) is 11.9. The van der Waals surface area contributed by atoms with Crippen LogP contribution in [0.15, 0.2) is 40.0 Å². The number of benzene rings is 1. The van der Waals surface area contributed by atoms with Crippen molar-refractivity contribution in [2.45, 2.75) is 11.8 Å². The lowest BCUT2D eigenvalue weighted by Crippen LogP contribution is -2.11. The van der Waals surface area contributed by atoms with Crippen molar-refractivity contribution >= 4 is 11.2 Å². The number of nitrogens with zero attached hydrogens (tertiary/aromatic N) is 1. The number of nitriles is 1. The van der Waals surface area contributed by atoms with Crippen LogP contribution >= 0.6 is 0 Å². The fourth-order valence-electron chi connectivity index (χ4n) is 1.83. The Labute approximate surface area is 113 Å². The van der Waals surface area contributed by atoms with Gasteiger partial charge in [-0.3, -0.25) is 4.79 Å². The van der Waals surface area contributed by atoms with E-state index in [4.69, 9.17) is 5.26 Å². The van der Waals surface area contributed by atoms with Gasteiger partial charge in [0.2, 0.25) is 0 Å². The Kier molecular flexibility index (Phi) is 3.74. The Morgan fingerprint density at radius 3 is 2.47 bits per heavy atom. The monoisotopic (exact) mass is 272 g/mol. The molecule has 2 rings (SSSR count). The summed E-state index contributed by atoms with van der Waals surface area (Å²) in [6, 6.07) is 10.7. The largest absolute Gasteiger partial charge is 0.612 e. The lowest BCUT2D eigenvalue weighted by atomic mass is 10.0.